The molecule has 1 N–H and O–H groups in total. The second kappa shape index (κ2) is 6.80. The van der Waals surface area contributed by atoms with Gasteiger partial charge in [-0.3, -0.25) is 9.78 Å². The summed E-state index contributed by atoms with van der Waals surface area (Å²) < 4.78 is 0. The number of aromatic nitrogens is 3. The molecule has 2 aromatic heterocycles. The third kappa shape index (κ3) is 3.19. The largest absolute Gasteiger partial charge is 0.340 e. The van der Waals surface area contributed by atoms with Gasteiger partial charge in [0.25, 0.3) is 0 Å². The van der Waals surface area contributed by atoms with Crippen LogP contribution in [0.4, 0.5) is 0 Å². The van der Waals surface area contributed by atoms with Crippen molar-refractivity contribution in [2.24, 2.45) is 0 Å². The Kier molecular flexibility index (Phi) is 4.19. The predicted octanol–water partition coefficient (Wildman–Crippen LogP) is 3.78. The van der Waals surface area contributed by atoms with E-state index >= 15 is 0 Å². The number of para-hydroxylation sites is 3. The number of likely N-dealkylation sites (N-methyl/N-ethyl adjacent to an activating group) is 1. The van der Waals surface area contributed by atoms with Crippen molar-refractivity contribution in [3.63, 3.8) is 0 Å². The summed E-state index contributed by atoms with van der Waals surface area (Å²) in [4.78, 5) is 26.2. The number of imidazole rings is 1. The van der Waals surface area contributed by atoms with E-state index in [1.807, 2.05) is 60.7 Å². The van der Waals surface area contributed by atoms with E-state index in [0.717, 1.165) is 33.3 Å². The van der Waals surface area contributed by atoms with Crippen molar-refractivity contribution in [3.8, 4) is 0 Å². The van der Waals surface area contributed by atoms with Crippen LogP contribution in [0, 0.1) is 0 Å². The van der Waals surface area contributed by atoms with E-state index in [2.05, 4.69) is 15.0 Å². The molecule has 0 unspecified atom stereocenters. The van der Waals surface area contributed by atoms with E-state index in [9.17, 15) is 4.79 Å². The van der Waals surface area contributed by atoms with Crippen LogP contribution in [0.15, 0.2) is 66.9 Å². The van der Waals surface area contributed by atoms with Crippen LogP contribution in [0.5, 0.6) is 0 Å². The minimum Gasteiger partial charge on any atom is -0.340 e. The normalized spacial score (nSPS) is 11.4. The zero-order chi connectivity index (χ0) is 17.9. The smallest absolute Gasteiger partial charge is 0.246 e. The topological polar surface area (TPSA) is 61.9 Å². The van der Waals surface area contributed by atoms with Gasteiger partial charge in [0, 0.05) is 30.3 Å². The second-order valence-electron chi connectivity index (χ2n) is 6.15. The van der Waals surface area contributed by atoms with Gasteiger partial charge in [0.05, 0.1) is 23.1 Å². The molecule has 26 heavy (non-hydrogen) atoms. The Morgan fingerprint density at radius 2 is 1.96 bits per heavy atom. The molecule has 0 fully saturated rings. The lowest BCUT2D eigenvalue weighted by molar-refractivity contribution is -0.125. The first-order valence-electron chi connectivity index (χ1n) is 8.41. The van der Waals surface area contributed by atoms with Gasteiger partial charge in [0.15, 0.2) is 0 Å². The van der Waals surface area contributed by atoms with Gasteiger partial charge in [0.1, 0.15) is 5.82 Å². The van der Waals surface area contributed by atoms with Crippen molar-refractivity contribution >= 4 is 33.9 Å². The maximum Gasteiger partial charge on any atom is 0.246 e. The molecule has 4 aromatic rings. The molecule has 1 amide bonds. The van der Waals surface area contributed by atoms with Crippen LogP contribution in [-0.4, -0.2) is 32.8 Å². The van der Waals surface area contributed by atoms with E-state index in [1.54, 1.807) is 24.2 Å². The molecule has 0 atom stereocenters. The molecule has 4 rings (SSSR count). The first-order valence-corrected chi connectivity index (χ1v) is 8.41. The Balaban J connectivity index is 1.50. The van der Waals surface area contributed by atoms with Gasteiger partial charge in [-0.05, 0) is 24.3 Å². The Labute approximate surface area is 151 Å². The molecule has 0 saturated heterocycles. The van der Waals surface area contributed by atoms with Gasteiger partial charge < -0.3 is 9.88 Å². The molecular formula is C21H18N4O. The number of fused-ring (bicyclic) bond motifs is 2. The average Bonchev–Trinajstić information content (AvgIpc) is 3.08. The van der Waals surface area contributed by atoms with Crippen molar-refractivity contribution in [2.75, 3.05) is 7.05 Å². The molecular weight excluding hydrogens is 324 g/mol. The number of hydrogen-bond donors (Lipinski definition) is 1. The number of carbonyl (C=O) groups excluding carboxylic acids is 1. The van der Waals surface area contributed by atoms with Gasteiger partial charge in [-0.2, -0.15) is 0 Å². The van der Waals surface area contributed by atoms with E-state index in [1.165, 1.54) is 0 Å². The average molecular weight is 342 g/mol. The molecule has 0 saturated carbocycles. The summed E-state index contributed by atoms with van der Waals surface area (Å²) in [7, 11) is 1.77. The van der Waals surface area contributed by atoms with Crippen LogP contribution in [-0.2, 0) is 11.3 Å². The lowest BCUT2D eigenvalue weighted by Gasteiger charge is -2.13. The first-order chi connectivity index (χ1) is 12.7. The Bertz CT molecular complexity index is 1070. The van der Waals surface area contributed by atoms with Crippen LogP contribution in [0.2, 0.25) is 0 Å². The minimum absolute atomic E-state index is 0.0848. The predicted molar refractivity (Wildman–Crippen MR) is 103 cm³/mol. The Morgan fingerprint density at radius 1 is 1.12 bits per heavy atom. The standard InChI is InChI=1S/C21H18N4O/c1-25(14-19-23-17-9-2-3-10-18(17)24-19)20(26)12-11-16-7-4-6-15-8-5-13-22-21(15)16/h2-13H,14H2,1H3,(H,23,24). The van der Waals surface area contributed by atoms with Gasteiger partial charge >= 0.3 is 0 Å². The third-order valence-electron chi connectivity index (χ3n) is 4.27. The zero-order valence-corrected chi connectivity index (χ0v) is 14.4. The summed E-state index contributed by atoms with van der Waals surface area (Å²) in [6, 6.07) is 17.7. The van der Waals surface area contributed by atoms with Gasteiger partial charge in [-0.1, -0.05) is 36.4 Å². The quantitative estimate of drug-likeness (QED) is 0.574. The van der Waals surface area contributed by atoms with Crippen LogP contribution in [0.3, 0.4) is 0 Å². The van der Waals surface area contributed by atoms with E-state index in [-0.39, 0.29) is 5.91 Å². The Morgan fingerprint density at radius 3 is 2.85 bits per heavy atom. The van der Waals surface area contributed by atoms with Gasteiger partial charge in [-0.25, -0.2) is 4.98 Å². The number of H-pyrrole nitrogens is 1. The molecule has 5 heteroatoms. The molecule has 0 spiro atoms. The number of amides is 1. The molecule has 2 aromatic carbocycles. The van der Waals surface area contributed by atoms with Crippen LogP contribution < -0.4 is 0 Å². The van der Waals surface area contributed by atoms with Gasteiger partial charge in [-0.15, -0.1) is 0 Å². The molecule has 0 aliphatic carbocycles. The minimum atomic E-state index is -0.0848. The van der Waals surface area contributed by atoms with E-state index in [4.69, 9.17) is 0 Å². The number of carbonyl (C=O) groups is 1. The lowest BCUT2D eigenvalue weighted by atomic mass is 10.1. The highest BCUT2D eigenvalue weighted by molar-refractivity contribution is 5.95. The van der Waals surface area contributed by atoms with Crippen molar-refractivity contribution < 1.29 is 4.79 Å². The third-order valence-corrected chi connectivity index (χ3v) is 4.27. The van der Waals surface area contributed by atoms with Crippen molar-refractivity contribution in [1.82, 2.24) is 19.9 Å². The summed E-state index contributed by atoms with van der Waals surface area (Å²) >= 11 is 0. The maximum atomic E-state index is 12.4. The molecule has 128 valence electrons. The number of nitrogens with zero attached hydrogens (tertiary/aromatic N) is 3. The van der Waals surface area contributed by atoms with Crippen molar-refractivity contribution in [3.05, 3.63) is 78.3 Å². The van der Waals surface area contributed by atoms with Crippen LogP contribution in [0.1, 0.15) is 11.4 Å². The molecule has 0 aliphatic rings. The number of hydrogen-bond acceptors (Lipinski definition) is 3. The van der Waals surface area contributed by atoms with E-state index < -0.39 is 0 Å². The Hall–Kier alpha value is -3.47. The highest BCUT2D eigenvalue weighted by Gasteiger charge is 2.09. The fraction of sp³-hybridized carbons (Fsp3) is 0.0952. The lowest BCUT2D eigenvalue weighted by Crippen LogP contribution is -2.24. The number of nitrogens with one attached hydrogen (secondary N) is 1. The number of pyridine rings is 1. The zero-order valence-electron chi connectivity index (χ0n) is 14.4. The fourth-order valence-electron chi connectivity index (χ4n) is 2.93. The maximum absolute atomic E-state index is 12.4. The number of aromatic amines is 1. The number of rotatable bonds is 4. The molecule has 0 bridgehead atoms. The molecule has 2 heterocycles. The molecule has 0 aliphatic heterocycles. The van der Waals surface area contributed by atoms with Crippen molar-refractivity contribution in [2.45, 2.75) is 6.54 Å². The SMILES string of the molecule is CN(Cc1nc2ccccc2[nH]1)C(=O)C=Cc1cccc2cccnc12. The van der Waals surface area contributed by atoms with Gasteiger partial charge in [0.2, 0.25) is 5.91 Å². The van der Waals surface area contributed by atoms with Crippen LogP contribution in [0.25, 0.3) is 28.0 Å². The summed E-state index contributed by atoms with van der Waals surface area (Å²) in [6.07, 6.45) is 5.15. The number of benzene rings is 2. The second-order valence-corrected chi connectivity index (χ2v) is 6.15. The summed E-state index contributed by atoms with van der Waals surface area (Å²) in [5, 5.41) is 1.05. The van der Waals surface area contributed by atoms with Crippen LogP contribution >= 0.6 is 0 Å². The summed E-state index contributed by atoms with van der Waals surface area (Å²) in [5.41, 5.74) is 3.69. The monoisotopic (exact) mass is 342 g/mol. The van der Waals surface area contributed by atoms with Crippen molar-refractivity contribution in [1.29, 1.82) is 0 Å². The molecule has 5 nitrogen and oxygen atoms in total. The summed E-state index contributed by atoms with van der Waals surface area (Å²) in [6.45, 7) is 0.422. The van der Waals surface area contributed by atoms with E-state index in [0.29, 0.717) is 6.54 Å². The highest BCUT2D eigenvalue weighted by atomic mass is 16.2. The summed E-state index contributed by atoms with van der Waals surface area (Å²) in [5.74, 6) is 0.681. The molecule has 0 radical (unpaired) electrons. The highest BCUT2D eigenvalue weighted by Crippen LogP contribution is 2.17. The fourth-order valence-corrected chi connectivity index (χ4v) is 2.93. The first kappa shape index (κ1) is 16.0.